The molecule has 14 heteroatoms. The molecule has 2 fully saturated rings. The molecule has 2 heterocycles. The first kappa shape index (κ1) is 62.3. The normalized spacial score (nSPS) is 26.1. The lowest BCUT2D eigenvalue weighted by atomic mass is 9.98. The first-order chi connectivity index (χ1) is 33.1. The van der Waals surface area contributed by atoms with Crippen LogP contribution in [-0.4, -0.2) is 142 Å². The van der Waals surface area contributed by atoms with Gasteiger partial charge < -0.3 is 64.2 Å². The van der Waals surface area contributed by atoms with Gasteiger partial charge in [0.2, 0.25) is 0 Å². The first-order valence-electron chi connectivity index (χ1n) is 27.1. The van der Waals surface area contributed by atoms with Crippen LogP contribution in [0.5, 0.6) is 0 Å². The predicted molar refractivity (Wildman–Crippen MR) is 266 cm³/mol. The van der Waals surface area contributed by atoms with Crippen LogP contribution in [0.15, 0.2) is 36.5 Å². The highest BCUT2D eigenvalue weighted by Gasteiger charge is 2.47. The van der Waals surface area contributed by atoms with Crippen LogP contribution in [0.3, 0.4) is 0 Å². The highest BCUT2D eigenvalue weighted by molar-refractivity contribution is 5.69. The van der Waals surface area contributed by atoms with Crippen LogP contribution >= 0.6 is 0 Å². The summed E-state index contributed by atoms with van der Waals surface area (Å²) < 4.78 is 34.3. The van der Waals surface area contributed by atoms with Crippen LogP contribution in [0.2, 0.25) is 0 Å². The van der Waals surface area contributed by atoms with Crippen LogP contribution in [0.1, 0.15) is 200 Å². The summed E-state index contributed by atoms with van der Waals surface area (Å²) in [6.07, 6.45) is 30.5. The number of esters is 1. The SMILES string of the molecule is CCCCC/C=C\C/C=C\CCCCCCCCCCOCC(COC1OC(COC2OC(CO)C(O)C(O)C2O)C(O)C(O)C1O)OC(=O)CCCCCCC/C=C\CCCCCCCCC. The molecular formula is C54H98O14. The third-order valence-corrected chi connectivity index (χ3v) is 12.9. The van der Waals surface area contributed by atoms with E-state index >= 15 is 0 Å². The number of rotatable bonds is 43. The van der Waals surface area contributed by atoms with Gasteiger partial charge in [0.1, 0.15) is 54.9 Å². The van der Waals surface area contributed by atoms with E-state index in [9.17, 15) is 40.5 Å². The number of hydrogen-bond acceptors (Lipinski definition) is 14. The molecule has 0 aromatic heterocycles. The molecule has 2 saturated heterocycles. The lowest BCUT2D eigenvalue weighted by Gasteiger charge is -2.42. The van der Waals surface area contributed by atoms with E-state index in [0.29, 0.717) is 13.0 Å². The maximum Gasteiger partial charge on any atom is 0.306 e. The van der Waals surface area contributed by atoms with Crippen molar-refractivity contribution in [2.75, 3.05) is 33.0 Å². The monoisotopic (exact) mass is 971 g/mol. The number of carbonyl (C=O) groups excluding carboxylic acids is 1. The average molecular weight is 971 g/mol. The summed E-state index contributed by atoms with van der Waals surface area (Å²) in [6.45, 7) is 3.65. The topological polar surface area (TPSA) is 214 Å². The molecule has 0 saturated carbocycles. The minimum atomic E-state index is -1.71. The zero-order valence-corrected chi connectivity index (χ0v) is 42.3. The fourth-order valence-electron chi connectivity index (χ4n) is 8.43. The summed E-state index contributed by atoms with van der Waals surface area (Å²) in [5.74, 6) is -0.386. The Morgan fingerprint density at radius 2 is 0.912 bits per heavy atom. The lowest BCUT2D eigenvalue weighted by molar-refractivity contribution is -0.332. The first-order valence-corrected chi connectivity index (χ1v) is 27.1. The fourth-order valence-corrected chi connectivity index (χ4v) is 8.43. The summed E-state index contributed by atoms with van der Waals surface area (Å²) in [7, 11) is 0. The second-order valence-electron chi connectivity index (χ2n) is 19.0. The highest BCUT2D eigenvalue weighted by Crippen LogP contribution is 2.26. The second-order valence-corrected chi connectivity index (χ2v) is 19.0. The van der Waals surface area contributed by atoms with Crippen molar-refractivity contribution in [3.05, 3.63) is 36.5 Å². The van der Waals surface area contributed by atoms with Gasteiger partial charge in [-0.25, -0.2) is 0 Å². The summed E-state index contributed by atoms with van der Waals surface area (Å²) in [5.41, 5.74) is 0. The van der Waals surface area contributed by atoms with Gasteiger partial charge in [-0.15, -0.1) is 0 Å². The average Bonchev–Trinajstić information content (AvgIpc) is 3.33. The van der Waals surface area contributed by atoms with Crippen LogP contribution in [-0.2, 0) is 33.2 Å². The van der Waals surface area contributed by atoms with E-state index in [1.54, 1.807) is 0 Å². The molecule has 398 valence electrons. The van der Waals surface area contributed by atoms with Crippen LogP contribution in [0.25, 0.3) is 0 Å². The molecule has 0 aromatic carbocycles. The van der Waals surface area contributed by atoms with E-state index in [1.165, 1.54) is 103 Å². The Morgan fingerprint density at radius 1 is 0.485 bits per heavy atom. The van der Waals surface area contributed by atoms with E-state index in [1.807, 2.05) is 0 Å². The van der Waals surface area contributed by atoms with Gasteiger partial charge in [-0.2, -0.15) is 0 Å². The Balaban J connectivity index is 1.76. The van der Waals surface area contributed by atoms with Gasteiger partial charge in [-0.05, 0) is 70.6 Å². The second kappa shape index (κ2) is 41.8. The molecule has 7 N–H and O–H groups in total. The van der Waals surface area contributed by atoms with Gasteiger partial charge in [0, 0.05) is 13.0 Å². The summed E-state index contributed by atoms with van der Waals surface area (Å²) >= 11 is 0. The Labute approximate surface area is 410 Å². The zero-order chi connectivity index (χ0) is 49.5. The number of allylic oxidation sites excluding steroid dienone is 6. The van der Waals surface area contributed by atoms with Gasteiger partial charge in [0.25, 0.3) is 0 Å². The molecule has 0 radical (unpaired) electrons. The number of hydrogen-bond donors (Lipinski definition) is 7. The van der Waals surface area contributed by atoms with E-state index in [4.69, 9.17) is 28.4 Å². The van der Waals surface area contributed by atoms with Gasteiger partial charge >= 0.3 is 5.97 Å². The molecule has 0 aliphatic carbocycles. The number of ether oxygens (including phenoxy) is 6. The van der Waals surface area contributed by atoms with E-state index in [-0.39, 0.29) is 25.6 Å². The van der Waals surface area contributed by atoms with Gasteiger partial charge in [0.15, 0.2) is 12.6 Å². The minimum absolute atomic E-state index is 0.0551. The molecule has 2 aliphatic rings. The molecule has 11 atom stereocenters. The summed E-state index contributed by atoms with van der Waals surface area (Å²) in [5, 5.41) is 72.2. The molecule has 14 nitrogen and oxygen atoms in total. The van der Waals surface area contributed by atoms with E-state index in [2.05, 4.69) is 50.3 Å². The van der Waals surface area contributed by atoms with Crippen molar-refractivity contribution in [1.82, 2.24) is 0 Å². The maximum atomic E-state index is 13.0. The third kappa shape index (κ3) is 28.9. The Morgan fingerprint density at radius 3 is 1.46 bits per heavy atom. The molecule has 0 amide bonds. The minimum Gasteiger partial charge on any atom is -0.457 e. The summed E-state index contributed by atoms with van der Waals surface area (Å²) in [6, 6.07) is 0. The molecule has 11 unspecified atom stereocenters. The smallest absolute Gasteiger partial charge is 0.306 e. The molecular weight excluding hydrogens is 873 g/mol. The van der Waals surface area contributed by atoms with Crippen molar-refractivity contribution in [3.63, 3.8) is 0 Å². The van der Waals surface area contributed by atoms with Gasteiger partial charge in [-0.1, -0.05) is 159 Å². The summed E-state index contributed by atoms with van der Waals surface area (Å²) in [4.78, 5) is 13.0. The van der Waals surface area contributed by atoms with Crippen LogP contribution in [0, 0.1) is 0 Å². The number of unbranched alkanes of at least 4 members (excludes halogenated alkanes) is 23. The number of carbonyl (C=O) groups is 1. The molecule has 0 bridgehead atoms. The maximum absolute atomic E-state index is 13.0. The molecule has 0 aromatic rings. The Bertz CT molecular complexity index is 1260. The van der Waals surface area contributed by atoms with Crippen molar-refractivity contribution in [2.24, 2.45) is 0 Å². The standard InChI is InChI=1S/C54H98O14/c1-3-5-7-9-11-13-15-17-19-21-22-24-26-28-30-32-34-36-38-63-40-43(66-46(56)37-35-33-31-29-27-25-23-20-18-16-14-12-10-8-6-4-2)41-64-53-52(62)50(60)48(58)45(68-53)42-65-54-51(61)49(59)47(57)44(39-55)67-54/h11,13,17,19-20,23,43-45,47-55,57-62H,3-10,12,14-16,18,21-22,24-42H2,1-2H3/b13-11-,19-17-,23-20-. The van der Waals surface area contributed by atoms with E-state index in [0.717, 1.165) is 70.6 Å². The van der Waals surface area contributed by atoms with Crippen LogP contribution in [0.4, 0.5) is 0 Å². The van der Waals surface area contributed by atoms with Crippen molar-refractivity contribution >= 4 is 5.97 Å². The molecule has 68 heavy (non-hydrogen) atoms. The zero-order valence-electron chi connectivity index (χ0n) is 42.3. The largest absolute Gasteiger partial charge is 0.457 e. The van der Waals surface area contributed by atoms with Crippen molar-refractivity contribution in [3.8, 4) is 0 Å². The van der Waals surface area contributed by atoms with Gasteiger partial charge in [0.05, 0.1) is 26.4 Å². The molecule has 2 aliphatic heterocycles. The van der Waals surface area contributed by atoms with Gasteiger partial charge in [-0.3, -0.25) is 4.79 Å². The highest BCUT2D eigenvalue weighted by atomic mass is 16.7. The quantitative estimate of drug-likeness (QED) is 0.0173. The third-order valence-electron chi connectivity index (χ3n) is 12.9. The lowest BCUT2D eigenvalue weighted by Crippen LogP contribution is -2.61. The van der Waals surface area contributed by atoms with E-state index < -0.39 is 80.7 Å². The number of aliphatic hydroxyl groups is 7. The predicted octanol–water partition coefficient (Wildman–Crippen LogP) is 8.58. The van der Waals surface area contributed by atoms with Crippen molar-refractivity contribution in [2.45, 2.75) is 268 Å². The van der Waals surface area contributed by atoms with Crippen molar-refractivity contribution in [1.29, 1.82) is 0 Å². The Hall–Kier alpha value is -1.79. The Kier molecular flexibility index (Phi) is 38.3. The van der Waals surface area contributed by atoms with Crippen LogP contribution < -0.4 is 0 Å². The molecule has 2 rings (SSSR count). The fraction of sp³-hybridized carbons (Fsp3) is 0.870. The molecule has 0 spiro atoms. The van der Waals surface area contributed by atoms with Crippen molar-refractivity contribution < 1.29 is 69.0 Å². The number of aliphatic hydroxyl groups excluding tert-OH is 7.